The van der Waals surface area contributed by atoms with Gasteiger partial charge in [-0.1, -0.05) is 0 Å². The molecule has 16 heavy (non-hydrogen) atoms. The van der Waals surface area contributed by atoms with Crippen LogP contribution in [0.2, 0.25) is 0 Å². The number of nitrogen functional groups attached to an aromatic ring is 1. The number of rotatable bonds is 5. The van der Waals surface area contributed by atoms with E-state index in [9.17, 15) is 5.11 Å². The molecule has 0 radical (unpaired) electrons. The fourth-order valence-electron chi connectivity index (χ4n) is 1.57. The van der Waals surface area contributed by atoms with E-state index in [1.807, 2.05) is 0 Å². The Morgan fingerprint density at radius 2 is 2.38 bits per heavy atom. The van der Waals surface area contributed by atoms with Crippen LogP contribution in [-0.2, 0) is 0 Å². The fraction of sp³-hybridized carbons (Fsp3) is 0.545. The van der Waals surface area contributed by atoms with Crippen LogP contribution in [0.15, 0.2) is 12.1 Å². The number of ether oxygens (including phenoxy) is 1. The quantitative estimate of drug-likeness (QED) is 0.689. The van der Waals surface area contributed by atoms with Gasteiger partial charge in [0.15, 0.2) is 0 Å². The van der Waals surface area contributed by atoms with Crippen LogP contribution in [0.1, 0.15) is 12.8 Å². The fourth-order valence-corrected chi connectivity index (χ4v) is 1.57. The second-order valence-electron chi connectivity index (χ2n) is 4.08. The maximum Gasteiger partial charge on any atom is 0.238 e. The number of anilines is 2. The van der Waals surface area contributed by atoms with Crippen molar-refractivity contribution in [2.75, 3.05) is 24.7 Å². The van der Waals surface area contributed by atoms with Crippen LogP contribution in [0.4, 0.5) is 11.5 Å². The number of pyridine rings is 1. The van der Waals surface area contributed by atoms with Gasteiger partial charge in [0.2, 0.25) is 5.88 Å². The van der Waals surface area contributed by atoms with Gasteiger partial charge < -0.3 is 20.9 Å². The Morgan fingerprint density at radius 1 is 1.62 bits per heavy atom. The molecule has 1 fully saturated rings. The van der Waals surface area contributed by atoms with Gasteiger partial charge >= 0.3 is 0 Å². The van der Waals surface area contributed by atoms with Crippen molar-refractivity contribution in [2.45, 2.75) is 18.9 Å². The minimum Gasteiger partial charge on any atom is -0.479 e. The molecule has 1 saturated carbocycles. The summed E-state index contributed by atoms with van der Waals surface area (Å²) in [5.74, 6) is 1.54. The zero-order chi connectivity index (χ0) is 11.5. The van der Waals surface area contributed by atoms with Crippen LogP contribution in [-0.4, -0.2) is 29.8 Å². The molecule has 5 nitrogen and oxygen atoms in total. The Kier molecular flexibility index (Phi) is 3.14. The first-order chi connectivity index (χ1) is 7.70. The molecule has 88 valence electrons. The second kappa shape index (κ2) is 4.57. The molecule has 1 aliphatic rings. The maximum absolute atomic E-state index is 9.69. The third-order valence-corrected chi connectivity index (χ3v) is 2.74. The topological polar surface area (TPSA) is 80.4 Å². The van der Waals surface area contributed by atoms with Gasteiger partial charge in [-0.15, -0.1) is 0 Å². The molecule has 1 aromatic rings. The smallest absolute Gasteiger partial charge is 0.238 e. The molecule has 0 saturated heterocycles. The van der Waals surface area contributed by atoms with Crippen molar-refractivity contribution in [3.8, 4) is 5.88 Å². The second-order valence-corrected chi connectivity index (χ2v) is 4.08. The first-order valence-corrected chi connectivity index (χ1v) is 5.43. The summed E-state index contributed by atoms with van der Waals surface area (Å²) in [5, 5.41) is 12.8. The molecule has 1 unspecified atom stereocenters. The van der Waals surface area contributed by atoms with Crippen molar-refractivity contribution >= 4 is 11.5 Å². The average molecular weight is 223 g/mol. The van der Waals surface area contributed by atoms with Crippen LogP contribution in [0.5, 0.6) is 5.88 Å². The third kappa shape index (κ3) is 2.55. The third-order valence-electron chi connectivity index (χ3n) is 2.74. The number of hydrogen-bond acceptors (Lipinski definition) is 5. The molecule has 1 heterocycles. The monoisotopic (exact) mass is 223 g/mol. The summed E-state index contributed by atoms with van der Waals surface area (Å²) in [7, 11) is 1.53. The Morgan fingerprint density at radius 3 is 3.00 bits per heavy atom. The van der Waals surface area contributed by atoms with Crippen LogP contribution in [0.25, 0.3) is 0 Å². The predicted octanol–water partition coefficient (Wildman–Crippen LogP) is 0.855. The minimum atomic E-state index is -0.287. The zero-order valence-corrected chi connectivity index (χ0v) is 9.31. The van der Waals surface area contributed by atoms with Gasteiger partial charge in [0, 0.05) is 6.54 Å². The number of nitrogens with two attached hydrogens (primary N) is 1. The number of nitrogens with one attached hydrogen (secondary N) is 1. The summed E-state index contributed by atoms with van der Waals surface area (Å²) in [6.45, 7) is 0.519. The number of methoxy groups -OCH3 is 1. The summed E-state index contributed by atoms with van der Waals surface area (Å²) >= 11 is 0. The first-order valence-electron chi connectivity index (χ1n) is 5.43. The van der Waals surface area contributed by atoms with Gasteiger partial charge in [0.25, 0.3) is 0 Å². The molecular formula is C11H17N3O2. The molecule has 1 aromatic heterocycles. The summed E-state index contributed by atoms with van der Waals surface area (Å²) < 4.78 is 5.01. The maximum atomic E-state index is 9.69. The average Bonchev–Trinajstić information content (AvgIpc) is 3.11. The molecule has 1 aliphatic carbocycles. The summed E-state index contributed by atoms with van der Waals surface area (Å²) in [4.78, 5) is 4.17. The summed E-state index contributed by atoms with van der Waals surface area (Å²) in [5.41, 5.74) is 6.16. The predicted molar refractivity (Wildman–Crippen MR) is 62.4 cm³/mol. The van der Waals surface area contributed by atoms with E-state index in [0.29, 0.717) is 29.8 Å². The largest absolute Gasteiger partial charge is 0.479 e. The van der Waals surface area contributed by atoms with E-state index in [-0.39, 0.29) is 6.10 Å². The van der Waals surface area contributed by atoms with Gasteiger partial charge in [-0.05, 0) is 30.9 Å². The van der Waals surface area contributed by atoms with E-state index >= 15 is 0 Å². The van der Waals surface area contributed by atoms with E-state index in [1.165, 1.54) is 7.11 Å². The molecule has 1 atom stereocenters. The number of aliphatic hydroxyl groups excluding tert-OH is 1. The molecule has 0 amide bonds. The molecule has 0 spiro atoms. The molecule has 2 rings (SSSR count). The van der Waals surface area contributed by atoms with Crippen LogP contribution < -0.4 is 15.8 Å². The SMILES string of the molecule is COc1nc(NCC(O)C2CC2)ccc1N. The van der Waals surface area contributed by atoms with Gasteiger partial charge in [-0.3, -0.25) is 0 Å². The molecule has 5 heteroatoms. The first kappa shape index (κ1) is 11.0. The molecule has 0 aromatic carbocycles. The van der Waals surface area contributed by atoms with E-state index in [2.05, 4.69) is 10.3 Å². The van der Waals surface area contributed by atoms with Crippen molar-refractivity contribution in [2.24, 2.45) is 5.92 Å². The molecule has 4 N–H and O–H groups in total. The van der Waals surface area contributed by atoms with Crippen LogP contribution >= 0.6 is 0 Å². The number of aromatic nitrogens is 1. The van der Waals surface area contributed by atoms with E-state index in [4.69, 9.17) is 10.5 Å². The van der Waals surface area contributed by atoms with E-state index < -0.39 is 0 Å². The lowest BCUT2D eigenvalue weighted by molar-refractivity contribution is 0.164. The van der Waals surface area contributed by atoms with E-state index in [1.54, 1.807) is 12.1 Å². The lowest BCUT2D eigenvalue weighted by Crippen LogP contribution is -2.21. The lowest BCUT2D eigenvalue weighted by Gasteiger charge is -2.12. The minimum absolute atomic E-state index is 0.287. The van der Waals surface area contributed by atoms with Gasteiger partial charge in [0.1, 0.15) is 5.82 Å². The van der Waals surface area contributed by atoms with Crippen molar-refractivity contribution < 1.29 is 9.84 Å². The van der Waals surface area contributed by atoms with Crippen LogP contribution in [0, 0.1) is 5.92 Å². The zero-order valence-electron chi connectivity index (χ0n) is 9.31. The van der Waals surface area contributed by atoms with E-state index in [0.717, 1.165) is 12.8 Å². The lowest BCUT2D eigenvalue weighted by atomic mass is 10.2. The van der Waals surface area contributed by atoms with Gasteiger partial charge in [-0.25, -0.2) is 0 Å². The number of aliphatic hydroxyl groups is 1. The highest BCUT2D eigenvalue weighted by atomic mass is 16.5. The number of hydrogen-bond donors (Lipinski definition) is 3. The van der Waals surface area contributed by atoms with Crippen molar-refractivity contribution in [3.63, 3.8) is 0 Å². The molecular weight excluding hydrogens is 206 g/mol. The van der Waals surface area contributed by atoms with Crippen LogP contribution in [0.3, 0.4) is 0 Å². The Bertz CT molecular complexity index is 366. The highest BCUT2D eigenvalue weighted by Crippen LogP contribution is 2.32. The normalized spacial score (nSPS) is 16.9. The Hall–Kier alpha value is -1.49. The summed E-state index contributed by atoms with van der Waals surface area (Å²) in [6.07, 6.45) is 1.97. The highest BCUT2D eigenvalue weighted by molar-refractivity contribution is 5.53. The Balaban J connectivity index is 1.93. The molecule has 0 bridgehead atoms. The van der Waals surface area contributed by atoms with Gasteiger partial charge in [0.05, 0.1) is 18.9 Å². The van der Waals surface area contributed by atoms with Gasteiger partial charge in [-0.2, -0.15) is 4.98 Å². The van der Waals surface area contributed by atoms with Crippen molar-refractivity contribution in [3.05, 3.63) is 12.1 Å². The standard InChI is InChI=1S/C11H17N3O2/c1-16-11-8(12)4-5-10(14-11)13-6-9(15)7-2-3-7/h4-5,7,9,15H,2-3,6,12H2,1H3,(H,13,14). The number of nitrogens with zero attached hydrogens (tertiary/aromatic N) is 1. The Labute approximate surface area is 94.6 Å². The van der Waals surface area contributed by atoms with Crippen molar-refractivity contribution in [1.82, 2.24) is 4.98 Å². The van der Waals surface area contributed by atoms with Crippen molar-refractivity contribution in [1.29, 1.82) is 0 Å². The molecule has 0 aliphatic heterocycles. The summed E-state index contributed by atoms with van der Waals surface area (Å²) in [6, 6.07) is 3.51. The highest BCUT2D eigenvalue weighted by Gasteiger charge is 2.29.